The van der Waals surface area contributed by atoms with E-state index in [2.05, 4.69) is 18.3 Å². The molecule has 1 heterocycles. The number of nitrogens with one attached hydrogen (secondary N) is 1. The van der Waals surface area contributed by atoms with Gasteiger partial charge in [-0.15, -0.1) is 11.3 Å². The van der Waals surface area contributed by atoms with Crippen LogP contribution in [0, 0.1) is 10.1 Å². The summed E-state index contributed by atoms with van der Waals surface area (Å²) in [7, 11) is 0. The number of rotatable bonds is 4. The summed E-state index contributed by atoms with van der Waals surface area (Å²) < 4.78 is 0. The number of aryl methyl sites for hydroxylation is 2. The smallest absolute Gasteiger partial charge is 0.269 e. The first-order valence-electron chi connectivity index (χ1n) is 7.26. The molecule has 0 radical (unpaired) electrons. The first-order chi connectivity index (χ1) is 10.1. The van der Waals surface area contributed by atoms with E-state index in [4.69, 9.17) is 0 Å². The molecule has 0 fully saturated rings. The van der Waals surface area contributed by atoms with Crippen LogP contribution in [0.2, 0.25) is 0 Å². The molecule has 21 heavy (non-hydrogen) atoms. The number of hydrogen-bond acceptors (Lipinski definition) is 4. The highest BCUT2D eigenvalue weighted by Gasteiger charge is 2.16. The molecule has 2 aromatic rings. The number of anilines is 1. The van der Waals surface area contributed by atoms with Crippen LogP contribution >= 0.6 is 11.3 Å². The van der Waals surface area contributed by atoms with Gasteiger partial charge in [-0.1, -0.05) is 0 Å². The van der Waals surface area contributed by atoms with E-state index >= 15 is 0 Å². The van der Waals surface area contributed by atoms with Gasteiger partial charge in [-0.25, -0.2) is 0 Å². The maximum atomic E-state index is 10.7. The number of fused-ring (bicyclic) bond motifs is 1. The molecule has 5 heteroatoms. The first-order valence-corrected chi connectivity index (χ1v) is 8.07. The minimum atomic E-state index is -0.374. The monoisotopic (exact) mass is 302 g/mol. The molecule has 1 aliphatic rings. The molecule has 4 nitrogen and oxygen atoms in total. The summed E-state index contributed by atoms with van der Waals surface area (Å²) in [5, 5.41) is 14.1. The molecule has 0 bridgehead atoms. The van der Waals surface area contributed by atoms with Crippen molar-refractivity contribution in [3.8, 4) is 0 Å². The Labute approximate surface area is 128 Å². The number of non-ortho nitro benzene ring substituents is 1. The molecule has 1 aromatic carbocycles. The summed E-state index contributed by atoms with van der Waals surface area (Å²) in [6.07, 6.45) is 5.02. The van der Waals surface area contributed by atoms with Crippen LogP contribution in [0.15, 0.2) is 30.3 Å². The lowest BCUT2D eigenvalue weighted by atomic mass is 9.99. The normalized spacial score (nSPS) is 15.3. The third-order valence-corrected chi connectivity index (χ3v) is 5.32. The van der Waals surface area contributed by atoms with Crippen LogP contribution in [0.4, 0.5) is 11.4 Å². The van der Waals surface area contributed by atoms with E-state index in [1.807, 2.05) is 11.3 Å². The molecule has 0 aliphatic heterocycles. The topological polar surface area (TPSA) is 55.2 Å². The lowest BCUT2D eigenvalue weighted by Gasteiger charge is -2.13. The van der Waals surface area contributed by atoms with Crippen molar-refractivity contribution in [1.29, 1.82) is 0 Å². The largest absolute Gasteiger partial charge is 0.378 e. The molecule has 110 valence electrons. The zero-order valence-corrected chi connectivity index (χ0v) is 12.8. The zero-order chi connectivity index (χ0) is 14.8. The van der Waals surface area contributed by atoms with Gasteiger partial charge in [-0.2, -0.15) is 0 Å². The van der Waals surface area contributed by atoms with Gasteiger partial charge >= 0.3 is 0 Å². The maximum absolute atomic E-state index is 10.7. The fourth-order valence-corrected chi connectivity index (χ4v) is 3.99. The Balaban J connectivity index is 1.72. The van der Waals surface area contributed by atoms with Gasteiger partial charge in [0, 0.05) is 27.6 Å². The average molecular weight is 302 g/mol. The highest BCUT2D eigenvalue weighted by atomic mass is 32.1. The van der Waals surface area contributed by atoms with Gasteiger partial charge in [0.15, 0.2) is 0 Å². The Morgan fingerprint density at radius 3 is 2.62 bits per heavy atom. The Morgan fingerprint density at radius 1 is 1.24 bits per heavy atom. The van der Waals surface area contributed by atoms with E-state index in [0.717, 1.165) is 5.69 Å². The van der Waals surface area contributed by atoms with Gasteiger partial charge in [-0.3, -0.25) is 10.1 Å². The van der Waals surface area contributed by atoms with Gasteiger partial charge in [0.2, 0.25) is 0 Å². The van der Waals surface area contributed by atoms with Crippen LogP contribution in [-0.2, 0) is 12.8 Å². The molecule has 1 atom stereocenters. The number of benzene rings is 1. The summed E-state index contributed by atoms with van der Waals surface area (Å²) >= 11 is 1.90. The van der Waals surface area contributed by atoms with E-state index in [1.54, 1.807) is 12.1 Å². The van der Waals surface area contributed by atoms with Crippen LogP contribution < -0.4 is 5.32 Å². The van der Waals surface area contributed by atoms with Crippen molar-refractivity contribution in [3.05, 3.63) is 55.8 Å². The molecule has 0 saturated heterocycles. The molecule has 0 amide bonds. The lowest BCUT2D eigenvalue weighted by Crippen LogP contribution is -2.04. The van der Waals surface area contributed by atoms with Gasteiger partial charge < -0.3 is 5.32 Å². The Bertz CT molecular complexity index is 625. The highest BCUT2D eigenvalue weighted by Crippen LogP contribution is 2.34. The van der Waals surface area contributed by atoms with Crippen molar-refractivity contribution in [2.75, 3.05) is 5.32 Å². The molecule has 1 aliphatic carbocycles. The van der Waals surface area contributed by atoms with E-state index in [9.17, 15) is 10.1 Å². The van der Waals surface area contributed by atoms with Crippen molar-refractivity contribution < 1.29 is 4.92 Å². The summed E-state index contributed by atoms with van der Waals surface area (Å²) in [6.45, 7) is 2.14. The predicted molar refractivity (Wildman–Crippen MR) is 86.1 cm³/mol. The zero-order valence-electron chi connectivity index (χ0n) is 12.0. The Kier molecular flexibility index (Phi) is 3.92. The standard InChI is InChI=1S/C16H18N2O2S/c1-11(16-10-12-4-2-3-5-15(12)21-16)17-13-6-8-14(9-7-13)18(19)20/h6-11,17H,2-5H2,1H3. The molecule has 1 N–H and O–H groups in total. The minimum Gasteiger partial charge on any atom is -0.378 e. The predicted octanol–water partition coefficient (Wildman–Crippen LogP) is 4.71. The quantitative estimate of drug-likeness (QED) is 0.657. The van der Waals surface area contributed by atoms with Crippen molar-refractivity contribution in [2.24, 2.45) is 0 Å². The van der Waals surface area contributed by atoms with E-state index in [0.29, 0.717) is 0 Å². The van der Waals surface area contributed by atoms with Crippen molar-refractivity contribution in [2.45, 2.75) is 38.6 Å². The van der Waals surface area contributed by atoms with Crippen molar-refractivity contribution >= 4 is 22.7 Å². The van der Waals surface area contributed by atoms with Gasteiger partial charge in [0.25, 0.3) is 5.69 Å². The lowest BCUT2D eigenvalue weighted by molar-refractivity contribution is -0.384. The molecular formula is C16H18N2O2S. The SMILES string of the molecule is CC(Nc1ccc([N+](=O)[O-])cc1)c1cc2c(s1)CCCC2. The Hall–Kier alpha value is -1.88. The average Bonchev–Trinajstić information content (AvgIpc) is 2.92. The van der Waals surface area contributed by atoms with Crippen molar-refractivity contribution in [1.82, 2.24) is 0 Å². The van der Waals surface area contributed by atoms with Gasteiger partial charge in [0.1, 0.15) is 0 Å². The van der Waals surface area contributed by atoms with Gasteiger partial charge in [-0.05, 0) is 56.4 Å². The maximum Gasteiger partial charge on any atom is 0.269 e. The fourth-order valence-electron chi connectivity index (χ4n) is 2.73. The number of nitro groups is 1. The first kappa shape index (κ1) is 14.1. The van der Waals surface area contributed by atoms with Crippen molar-refractivity contribution in [3.63, 3.8) is 0 Å². The van der Waals surface area contributed by atoms with E-state index in [1.165, 1.54) is 53.1 Å². The Morgan fingerprint density at radius 2 is 1.95 bits per heavy atom. The molecule has 3 rings (SSSR count). The second-order valence-corrected chi connectivity index (χ2v) is 6.64. The summed E-state index contributed by atoms with van der Waals surface area (Å²) in [4.78, 5) is 13.2. The number of hydrogen-bond donors (Lipinski definition) is 1. The molecule has 1 unspecified atom stereocenters. The summed E-state index contributed by atoms with van der Waals surface area (Å²) in [6, 6.07) is 9.15. The van der Waals surface area contributed by atoms with Crippen LogP contribution in [0.25, 0.3) is 0 Å². The van der Waals surface area contributed by atoms with Crippen LogP contribution in [0.3, 0.4) is 0 Å². The second-order valence-electron chi connectivity index (χ2n) is 5.47. The van der Waals surface area contributed by atoms with Crippen LogP contribution in [-0.4, -0.2) is 4.92 Å². The van der Waals surface area contributed by atoms with E-state index < -0.39 is 0 Å². The van der Waals surface area contributed by atoms with Gasteiger partial charge in [0.05, 0.1) is 11.0 Å². The third kappa shape index (κ3) is 3.08. The minimum absolute atomic E-state index is 0.125. The third-order valence-electron chi connectivity index (χ3n) is 3.90. The number of nitro benzene ring substituents is 1. The number of nitrogens with zero attached hydrogens (tertiary/aromatic N) is 1. The number of thiophene rings is 1. The fraction of sp³-hybridized carbons (Fsp3) is 0.375. The molecule has 0 saturated carbocycles. The molecular weight excluding hydrogens is 284 g/mol. The second kappa shape index (κ2) is 5.85. The summed E-state index contributed by atoms with van der Waals surface area (Å²) in [5.74, 6) is 0. The highest BCUT2D eigenvalue weighted by molar-refractivity contribution is 7.12. The van der Waals surface area contributed by atoms with Crippen LogP contribution in [0.5, 0.6) is 0 Å². The van der Waals surface area contributed by atoms with Crippen LogP contribution in [0.1, 0.15) is 41.1 Å². The molecule has 0 spiro atoms. The molecule has 1 aromatic heterocycles. The van der Waals surface area contributed by atoms with E-state index in [-0.39, 0.29) is 16.7 Å². The summed E-state index contributed by atoms with van der Waals surface area (Å²) in [5.41, 5.74) is 2.55.